The second-order valence-corrected chi connectivity index (χ2v) is 4.19. The topological polar surface area (TPSA) is 96.9 Å². The van der Waals surface area contributed by atoms with Crippen LogP contribution in [0.5, 0.6) is 11.5 Å². The molecule has 0 bridgehead atoms. The first-order valence-electron chi connectivity index (χ1n) is 6.67. The Morgan fingerprint density at radius 3 is 2.38 bits per heavy atom. The average Bonchev–Trinajstić information content (AvgIpc) is 2.42. The average molecular weight is 296 g/mol. The van der Waals surface area contributed by atoms with Crippen molar-refractivity contribution in [3.05, 3.63) is 18.2 Å². The fourth-order valence-electron chi connectivity index (χ4n) is 1.55. The van der Waals surface area contributed by atoms with Gasteiger partial charge in [0.05, 0.1) is 13.2 Å². The fourth-order valence-corrected chi connectivity index (χ4v) is 1.55. The highest BCUT2D eigenvalue weighted by atomic mass is 16.5. The van der Waals surface area contributed by atoms with Crippen molar-refractivity contribution < 1.29 is 24.2 Å². The second kappa shape index (κ2) is 7.98. The zero-order valence-electron chi connectivity index (χ0n) is 12.3. The predicted octanol–water partition coefficient (Wildman–Crippen LogP) is 2.08. The summed E-state index contributed by atoms with van der Waals surface area (Å²) in [4.78, 5) is 22.3. The molecule has 0 aliphatic rings. The first-order chi connectivity index (χ1) is 9.97. The number of hydrogen-bond donors (Lipinski definition) is 3. The van der Waals surface area contributed by atoms with E-state index >= 15 is 0 Å². The lowest BCUT2D eigenvalue weighted by Crippen LogP contribution is -2.40. The minimum atomic E-state index is -1.10. The number of carboxylic acids is 1. The summed E-state index contributed by atoms with van der Waals surface area (Å²) in [6.45, 7) is 6.06. The van der Waals surface area contributed by atoms with Gasteiger partial charge in [-0.15, -0.1) is 0 Å². The molecular weight excluding hydrogens is 276 g/mol. The zero-order chi connectivity index (χ0) is 15.8. The number of hydrogen-bond acceptors (Lipinski definition) is 4. The van der Waals surface area contributed by atoms with Crippen molar-refractivity contribution in [3.8, 4) is 11.5 Å². The molecule has 3 N–H and O–H groups in total. The summed E-state index contributed by atoms with van der Waals surface area (Å²) < 4.78 is 10.9. The Labute approximate surface area is 123 Å². The molecule has 0 fully saturated rings. The summed E-state index contributed by atoms with van der Waals surface area (Å²) >= 11 is 0. The quantitative estimate of drug-likeness (QED) is 0.715. The van der Waals surface area contributed by atoms with E-state index in [0.29, 0.717) is 30.4 Å². The third-order valence-electron chi connectivity index (χ3n) is 2.52. The SMILES string of the molecule is CCOc1ccc(NC(=O)N[C@H](C)C(=O)O)cc1OCC. The molecule has 0 spiro atoms. The van der Waals surface area contributed by atoms with Crippen LogP contribution in [0.2, 0.25) is 0 Å². The van der Waals surface area contributed by atoms with Crippen LogP contribution in [0.4, 0.5) is 10.5 Å². The normalized spacial score (nSPS) is 11.4. The van der Waals surface area contributed by atoms with Crippen molar-refractivity contribution in [2.24, 2.45) is 0 Å². The van der Waals surface area contributed by atoms with Gasteiger partial charge >= 0.3 is 12.0 Å². The Balaban J connectivity index is 2.77. The molecule has 0 saturated heterocycles. The number of aliphatic carboxylic acids is 1. The summed E-state index contributed by atoms with van der Waals surface area (Å²) in [6.07, 6.45) is 0. The van der Waals surface area contributed by atoms with Crippen molar-refractivity contribution in [3.63, 3.8) is 0 Å². The van der Waals surface area contributed by atoms with Gasteiger partial charge in [0.2, 0.25) is 0 Å². The van der Waals surface area contributed by atoms with Crippen molar-refractivity contribution in [2.75, 3.05) is 18.5 Å². The molecule has 0 heterocycles. The van der Waals surface area contributed by atoms with Crippen molar-refractivity contribution in [1.29, 1.82) is 0 Å². The van der Waals surface area contributed by atoms with Crippen LogP contribution in [-0.4, -0.2) is 36.4 Å². The van der Waals surface area contributed by atoms with Gasteiger partial charge in [-0.1, -0.05) is 0 Å². The lowest BCUT2D eigenvalue weighted by molar-refractivity contribution is -0.138. The Kier molecular flexibility index (Phi) is 6.32. The molecule has 21 heavy (non-hydrogen) atoms. The predicted molar refractivity (Wildman–Crippen MR) is 78.0 cm³/mol. The Hall–Kier alpha value is -2.44. The number of nitrogens with one attached hydrogen (secondary N) is 2. The molecule has 2 amide bonds. The molecule has 1 aromatic carbocycles. The summed E-state index contributed by atoms with van der Waals surface area (Å²) in [5.74, 6) is -0.000468. The molecule has 0 saturated carbocycles. The molecule has 116 valence electrons. The molecule has 0 aliphatic carbocycles. The minimum Gasteiger partial charge on any atom is -0.490 e. The summed E-state index contributed by atoms with van der Waals surface area (Å²) in [5.41, 5.74) is 0.483. The largest absolute Gasteiger partial charge is 0.490 e. The Morgan fingerprint density at radius 1 is 1.19 bits per heavy atom. The fraction of sp³-hybridized carbons (Fsp3) is 0.429. The first-order valence-corrected chi connectivity index (χ1v) is 6.67. The van der Waals surface area contributed by atoms with Crippen LogP contribution in [0.1, 0.15) is 20.8 Å². The lowest BCUT2D eigenvalue weighted by Gasteiger charge is -2.14. The van der Waals surface area contributed by atoms with Gasteiger partial charge in [-0.2, -0.15) is 0 Å². The van der Waals surface area contributed by atoms with Crippen LogP contribution in [-0.2, 0) is 4.79 Å². The van der Waals surface area contributed by atoms with Gasteiger partial charge in [0, 0.05) is 11.8 Å². The zero-order valence-corrected chi connectivity index (χ0v) is 12.3. The number of urea groups is 1. The van der Waals surface area contributed by atoms with Crippen LogP contribution in [0.25, 0.3) is 0 Å². The third kappa shape index (κ3) is 5.21. The molecule has 0 aliphatic heterocycles. The van der Waals surface area contributed by atoms with E-state index in [-0.39, 0.29) is 0 Å². The molecule has 0 radical (unpaired) electrons. The van der Waals surface area contributed by atoms with Gasteiger partial charge in [-0.25, -0.2) is 4.79 Å². The number of ether oxygens (including phenoxy) is 2. The molecule has 7 heteroatoms. The lowest BCUT2D eigenvalue weighted by atomic mass is 10.2. The number of carboxylic acid groups (broad SMARTS) is 1. The molecule has 1 aromatic rings. The van der Waals surface area contributed by atoms with E-state index in [2.05, 4.69) is 10.6 Å². The van der Waals surface area contributed by atoms with Gasteiger partial charge in [0.1, 0.15) is 6.04 Å². The van der Waals surface area contributed by atoms with Crippen LogP contribution in [0.15, 0.2) is 18.2 Å². The number of rotatable bonds is 7. The maximum absolute atomic E-state index is 11.6. The highest BCUT2D eigenvalue weighted by Crippen LogP contribution is 2.30. The maximum Gasteiger partial charge on any atom is 0.325 e. The Bertz CT molecular complexity index is 504. The smallest absolute Gasteiger partial charge is 0.325 e. The van der Waals surface area contributed by atoms with Crippen molar-refractivity contribution in [2.45, 2.75) is 26.8 Å². The van der Waals surface area contributed by atoms with Crippen LogP contribution < -0.4 is 20.1 Å². The van der Waals surface area contributed by atoms with Gasteiger partial charge in [-0.05, 0) is 32.9 Å². The van der Waals surface area contributed by atoms with Crippen molar-refractivity contribution >= 4 is 17.7 Å². The second-order valence-electron chi connectivity index (χ2n) is 4.19. The van der Waals surface area contributed by atoms with E-state index < -0.39 is 18.0 Å². The number of anilines is 1. The van der Waals surface area contributed by atoms with Crippen LogP contribution in [0, 0.1) is 0 Å². The first kappa shape index (κ1) is 16.6. The molecule has 0 unspecified atom stereocenters. The molecular formula is C14H20N2O5. The highest BCUT2D eigenvalue weighted by Gasteiger charge is 2.14. The summed E-state index contributed by atoms with van der Waals surface area (Å²) in [5, 5.41) is 13.6. The van der Waals surface area contributed by atoms with Gasteiger partial charge in [0.15, 0.2) is 11.5 Å². The molecule has 1 atom stereocenters. The maximum atomic E-state index is 11.6. The minimum absolute atomic E-state index is 0.464. The van der Waals surface area contributed by atoms with E-state index in [4.69, 9.17) is 14.6 Å². The van der Waals surface area contributed by atoms with E-state index in [0.717, 1.165) is 0 Å². The highest BCUT2D eigenvalue weighted by molar-refractivity contribution is 5.92. The van der Waals surface area contributed by atoms with Crippen LogP contribution in [0.3, 0.4) is 0 Å². The summed E-state index contributed by atoms with van der Waals surface area (Å²) in [6, 6.07) is 3.39. The monoisotopic (exact) mass is 296 g/mol. The summed E-state index contributed by atoms with van der Waals surface area (Å²) in [7, 11) is 0. The number of amides is 2. The number of benzene rings is 1. The number of carbonyl (C=O) groups is 2. The standard InChI is InChI=1S/C14H20N2O5/c1-4-20-11-7-6-10(8-12(11)21-5-2)16-14(19)15-9(3)13(17)18/h6-9H,4-5H2,1-3H3,(H,17,18)(H2,15,16,19)/t9-/m1/s1. The van der Waals surface area contributed by atoms with E-state index in [1.54, 1.807) is 18.2 Å². The van der Waals surface area contributed by atoms with E-state index in [9.17, 15) is 9.59 Å². The molecule has 1 rings (SSSR count). The van der Waals surface area contributed by atoms with E-state index in [1.165, 1.54) is 6.92 Å². The van der Waals surface area contributed by atoms with E-state index in [1.807, 2.05) is 13.8 Å². The molecule has 0 aromatic heterocycles. The molecule has 7 nitrogen and oxygen atoms in total. The third-order valence-corrected chi connectivity index (χ3v) is 2.52. The van der Waals surface area contributed by atoms with Gasteiger partial charge in [0.25, 0.3) is 0 Å². The van der Waals surface area contributed by atoms with Gasteiger partial charge in [-0.3, -0.25) is 4.79 Å². The van der Waals surface area contributed by atoms with Gasteiger partial charge < -0.3 is 25.2 Å². The van der Waals surface area contributed by atoms with Crippen LogP contribution >= 0.6 is 0 Å². The Morgan fingerprint density at radius 2 is 1.81 bits per heavy atom. The number of carbonyl (C=O) groups excluding carboxylic acids is 1. The van der Waals surface area contributed by atoms with Crippen molar-refractivity contribution in [1.82, 2.24) is 5.32 Å².